The Morgan fingerprint density at radius 3 is 1.96 bits per heavy atom. The van der Waals surface area contributed by atoms with Gasteiger partial charge in [-0.15, -0.1) is 0 Å². The second-order valence-electron chi connectivity index (χ2n) is 6.65. The van der Waals surface area contributed by atoms with Crippen LogP contribution in [0, 0.1) is 6.92 Å². The largest absolute Gasteiger partial charge is 0.494 e. The molecule has 0 unspecified atom stereocenters. The molecule has 0 fully saturated rings. The van der Waals surface area contributed by atoms with Gasteiger partial charge in [0.2, 0.25) is 0 Å². The summed E-state index contributed by atoms with van der Waals surface area (Å²) in [6, 6.07) is 1.65. The van der Waals surface area contributed by atoms with Gasteiger partial charge < -0.3 is 5.11 Å². The standard InChI is InChI=1S/C20H35NO2/c1-4-6-7-8-9-10-11-12-13-14-15-21-19(22)16-17(3)18(5-2)20(21)23/h16,23H,4-15H2,1-3H3. The van der Waals surface area contributed by atoms with Gasteiger partial charge in [0, 0.05) is 18.2 Å². The van der Waals surface area contributed by atoms with E-state index in [0.29, 0.717) is 6.54 Å². The first-order chi connectivity index (χ1) is 11.1. The van der Waals surface area contributed by atoms with E-state index in [2.05, 4.69) is 6.92 Å². The van der Waals surface area contributed by atoms with Crippen molar-refractivity contribution in [2.75, 3.05) is 0 Å². The Labute approximate surface area is 141 Å². The summed E-state index contributed by atoms with van der Waals surface area (Å²) in [6.07, 6.45) is 13.5. The van der Waals surface area contributed by atoms with E-state index in [1.807, 2.05) is 13.8 Å². The van der Waals surface area contributed by atoms with Crippen LogP contribution in [0.4, 0.5) is 0 Å². The summed E-state index contributed by atoms with van der Waals surface area (Å²) in [5.74, 6) is 0.174. The molecule has 132 valence electrons. The predicted molar refractivity (Wildman–Crippen MR) is 98.3 cm³/mol. The molecular formula is C20H35NO2. The summed E-state index contributed by atoms with van der Waals surface area (Å²) >= 11 is 0. The average Bonchev–Trinajstić information content (AvgIpc) is 2.52. The topological polar surface area (TPSA) is 42.2 Å². The molecule has 0 amide bonds. The molecule has 0 aromatic carbocycles. The van der Waals surface area contributed by atoms with E-state index >= 15 is 0 Å². The molecule has 1 aromatic heterocycles. The van der Waals surface area contributed by atoms with Gasteiger partial charge in [-0.25, -0.2) is 0 Å². The Balaban J connectivity index is 2.25. The Kier molecular flexibility index (Phi) is 9.74. The monoisotopic (exact) mass is 321 g/mol. The van der Waals surface area contributed by atoms with E-state index in [9.17, 15) is 9.90 Å². The van der Waals surface area contributed by atoms with E-state index in [1.165, 1.54) is 55.9 Å². The number of pyridine rings is 1. The first kappa shape index (κ1) is 19.8. The molecule has 0 saturated carbocycles. The van der Waals surface area contributed by atoms with Crippen LogP contribution in [0.25, 0.3) is 0 Å². The van der Waals surface area contributed by atoms with Crippen LogP contribution < -0.4 is 5.56 Å². The quantitative estimate of drug-likeness (QED) is 0.528. The van der Waals surface area contributed by atoms with E-state index in [4.69, 9.17) is 0 Å². The Bertz CT molecular complexity index is 505. The molecule has 0 bridgehead atoms. The summed E-state index contributed by atoms with van der Waals surface area (Å²) in [4.78, 5) is 12.0. The summed E-state index contributed by atoms with van der Waals surface area (Å²) in [5.41, 5.74) is 1.72. The lowest BCUT2D eigenvalue weighted by Crippen LogP contribution is -2.21. The van der Waals surface area contributed by atoms with E-state index < -0.39 is 0 Å². The minimum atomic E-state index is -0.0758. The number of nitrogens with zero attached hydrogens (tertiary/aromatic N) is 1. The van der Waals surface area contributed by atoms with Crippen LogP contribution in [0.3, 0.4) is 0 Å². The van der Waals surface area contributed by atoms with Crippen LogP contribution in [-0.4, -0.2) is 9.67 Å². The lowest BCUT2D eigenvalue weighted by atomic mass is 10.1. The number of hydrogen-bond acceptors (Lipinski definition) is 2. The third-order valence-corrected chi connectivity index (χ3v) is 4.70. The van der Waals surface area contributed by atoms with Gasteiger partial charge in [0.15, 0.2) is 5.88 Å². The van der Waals surface area contributed by atoms with Crippen molar-refractivity contribution >= 4 is 0 Å². The van der Waals surface area contributed by atoms with Crippen molar-refractivity contribution < 1.29 is 5.11 Å². The number of hydrogen-bond donors (Lipinski definition) is 1. The molecule has 0 spiro atoms. The molecule has 23 heavy (non-hydrogen) atoms. The van der Waals surface area contributed by atoms with Gasteiger partial charge in [0.05, 0.1) is 0 Å². The van der Waals surface area contributed by atoms with Crippen molar-refractivity contribution in [3.8, 4) is 5.88 Å². The predicted octanol–water partition coefficient (Wildman–Crippen LogP) is 5.35. The molecular weight excluding hydrogens is 286 g/mol. The molecule has 1 aromatic rings. The minimum absolute atomic E-state index is 0.0758. The van der Waals surface area contributed by atoms with Crippen LogP contribution in [0.5, 0.6) is 5.88 Å². The van der Waals surface area contributed by atoms with Crippen LogP contribution >= 0.6 is 0 Å². The number of aryl methyl sites for hydroxylation is 1. The Hall–Kier alpha value is -1.25. The van der Waals surface area contributed by atoms with Gasteiger partial charge in [-0.05, 0) is 25.3 Å². The zero-order chi connectivity index (χ0) is 17.1. The van der Waals surface area contributed by atoms with E-state index in [-0.39, 0.29) is 11.4 Å². The number of unbranched alkanes of at least 4 members (excludes halogenated alkanes) is 9. The zero-order valence-corrected chi connectivity index (χ0v) is 15.4. The minimum Gasteiger partial charge on any atom is -0.494 e. The third-order valence-electron chi connectivity index (χ3n) is 4.70. The smallest absolute Gasteiger partial charge is 0.253 e. The lowest BCUT2D eigenvalue weighted by Gasteiger charge is -2.13. The fourth-order valence-electron chi connectivity index (χ4n) is 3.20. The third kappa shape index (κ3) is 6.80. The molecule has 0 aliphatic heterocycles. The van der Waals surface area contributed by atoms with Gasteiger partial charge in [0.1, 0.15) is 0 Å². The highest BCUT2D eigenvalue weighted by Crippen LogP contribution is 2.20. The van der Waals surface area contributed by atoms with Crippen LogP contribution in [0.1, 0.15) is 89.2 Å². The summed E-state index contributed by atoms with van der Waals surface area (Å²) < 4.78 is 1.54. The van der Waals surface area contributed by atoms with E-state index in [0.717, 1.165) is 30.4 Å². The second-order valence-corrected chi connectivity index (χ2v) is 6.65. The van der Waals surface area contributed by atoms with Gasteiger partial charge in [-0.3, -0.25) is 9.36 Å². The lowest BCUT2D eigenvalue weighted by molar-refractivity contribution is 0.391. The first-order valence-electron chi connectivity index (χ1n) is 9.54. The van der Waals surface area contributed by atoms with Crippen LogP contribution in [0.2, 0.25) is 0 Å². The van der Waals surface area contributed by atoms with Gasteiger partial charge in [-0.2, -0.15) is 0 Å². The van der Waals surface area contributed by atoms with Gasteiger partial charge in [-0.1, -0.05) is 71.6 Å². The van der Waals surface area contributed by atoms with Crippen molar-refractivity contribution in [2.45, 2.75) is 97.9 Å². The molecule has 3 nitrogen and oxygen atoms in total. The number of aromatic hydroxyl groups is 1. The maximum Gasteiger partial charge on any atom is 0.253 e. The molecule has 1 heterocycles. The van der Waals surface area contributed by atoms with Crippen molar-refractivity contribution in [3.63, 3.8) is 0 Å². The molecule has 0 radical (unpaired) electrons. The first-order valence-corrected chi connectivity index (χ1v) is 9.54. The maximum absolute atomic E-state index is 12.0. The van der Waals surface area contributed by atoms with Crippen molar-refractivity contribution in [3.05, 3.63) is 27.5 Å². The average molecular weight is 322 g/mol. The Morgan fingerprint density at radius 1 is 0.913 bits per heavy atom. The van der Waals surface area contributed by atoms with Crippen molar-refractivity contribution in [2.24, 2.45) is 0 Å². The van der Waals surface area contributed by atoms with Crippen molar-refractivity contribution in [1.29, 1.82) is 0 Å². The SMILES string of the molecule is CCCCCCCCCCCCn1c(O)c(CC)c(C)cc1=O. The summed E-state index contributed by atoms with van der Waals surface area (Å²) in [7, 11) is 0. The summed E-state index contributed by atoms with van der Waals surface area (Å²) in [5, 5.41) is 10.3. The highest BCUT2D eigenvalue weighted by atomic mass is 16.3. The van der Waals surface area contributed by atoms with E-state index in [1.54, 1.807) is 6.07 Å². The molecule has 3 heteroatoms. The molecule has 1 N–H and O–H groups in total. The molecule has 0 atom stereocenters. The maximum atomic E-state index is 12.0. The van der Waals surface area contributed by atoms with Gasteiger partial charge >= 0.3 is 0 Å². The number of rotatable bonds is 12. The zero-order valence-electron chi connectivity index (χ0n) is 15.4. The fraction of sp³-hybridized carbons (Fsp3) is 0.750. The molecule has 0 saturated heterocycles. The number of aromatic nitrogens is 1. The summed E-state index contributed by atoms with van der Waals surface area (Å²) in [6.45, 7) is 6.79. The van der Waals surface area contributed by atoms with Crippen LogP contribution in [-0.2, 0) is 13.0 Å². The molecule has 0 aliphatic rings. The molecule has 0 aliphatic carbocycles. The normalized spacial score (nSPS) is 11.1. The van der Waals surface area contributed by atoms with Crippen LogP contribution in [0.15, 0.2) is 10.9 Å². The highest BCUT2D eigenvalue weighted by Gasteiger charge is 2.10. The highest BCUT2D eigenvalue weighted by molar-refractivity contribution is 5.33. The van der Waals surface area contributed by atoms with Gasteiger partial charge in [0.25, 0.3) is 5.56 Å². The van der Waals surface area contributed by atoms with Crippen molar-refractivity contribution in [1.82, 2.24) is 4.57 Å². The fourth-order valence-corrected chi connectivity index (χ4v) is 3.20. The second kappa shape index (κ2) is 11.3. The molecule has 1 rings (SSSR count). The Morgan fingerprint density at radius 2 is 1.43 bits per heavy atom.